The van der Waals surface area contributed by atoms with Gasteiger partial charge in [-0.2, -0.15) is 0 Å². The molecule has 21 heavy (non-hydrogen) atoms. The van der Waals surface area contributed by atoms with Crippen molar-refractivity contribution in [2.24, 2.45) is 0 Å². The molecule has 2 aromatic rings. The van der Waals surface area contributed by atoms with E-state index in [1.807, 2.05) is 29.2 Å². The molecule has 0 bridgehead atoms. The van der Waals surface area contributed by atoms with Crippen molar-refractivity contribution >= 4 is 23.1 Å². The number of hydrogen-bond acceptors (Lipinski definition) is 3. The quantitative estimate of drug-likeness (QED) is 0.875. The van der Waals surface area contributed by atoms with Gasteiger partial charge in [-0.25, -0.2) is 0 Å². The van der Waals surface area contributed by atoms with Gasteiger partial charge >= 0.3 is 0 Å². The number of carbonyl (C=O) groups excluding carboxylic acids is 1. The Hall–Kier alpha value is -2.07. The molecule has 0 aliphatic carbocycles. The first-order valence-corrected chi connectivity index (χ1v) is 7.22. The van der Waals surface area contributed by atoms with Crippen LogP contribution in [0.4, 0.5) is 0 Å². The zero-order valence-electron chi connectivity index (χ0n) is 11.5. The fourth-order valence-corrected chi connectivity index (χ4v) is 2.54. The number of rotatable bonds is 3. The Bertz CT molecular complexity index is 647. The molecule has 0 radical (unpaired) electrons. The molecule has 3 rings (SSSR count). The normalized spacial score (nSPS) is 14.9. The van der Waals surface area contributed by atoms with Gasteiger partial charge in [-0.3, -0.25) is 4.79 Å². The smallest absolute Gasteiger partial charge is 0.229 e. The summed E-state index contributed by atoms with van der Waals surface area (Å²) in [6, 6.07) is 9.53. The highest BCUT2D eigenvalue weighted by molar-refractivity contribution is 6.30. The van der Waals surface area contributed by atoms with Crippen molar-refractivity contribution in [1.82, 2.24) is 10.1 Å². The molecule has 2 heterocycles. The van der Waals surface area contributed by atoms with Crippen LogP contribution in [0.1, 0.15) is 17.7 Å². The summed E-state index contributed by atoms with van der Waals surface area (Å²) in [5.74, 6) is 0.0790. The lowest BCUT2D eigenvalue weighted by Crippen LogP contribution is -2.35. The van der Waals surface area contributed by atoms with Crippen molar-refractivity contribution in [1.29, 1.82) is 0 Å². The van der Waals surface area contributed by atoms with Crippen molar-refractivity contribution in [2.45, 2.75) is 12.8 Å². The van der Waals surface area contributed by atoms with Gasteiger partial charge in [-0.15, -0.1) is 0 Å². The zero-order valence-corrected chi connectivity index (χ0v) is 12.2. The summed E-state index contributed by atoms with van der Waals surface area (Å²) in [7, 11) is 0. The van der Waals surface area contributed by atoms with Gasteiger partial charge in [0.05, 0.1) is 12.1 Å². The Morgan fingerprint density at radius 2 is 2.10 bits per heavy atom. The second-order valence-corrected chi connectivity index (χ2v) is 5.43. The minimum atomic E-state index is 0.0790. The van der Waals surface area contributed by atoms with Gasteiger partial charge in [0.2, 0.25) is 5.91 Å². The third-order valence-electron chi connectivity index (χ3n) is 3.60. The van der Waals surface area contributed by atoms with Crippen molar-refractivity contribution in [3.8, 4) is 0 Å². The monoisotopic (exact) mass is 302 g/mol. The molecule has 108 valence electrons. The Morgan fingerprint density at radius 3 is 2.71 bits per heavy atom. The van der Waals surface area contributed by atoms with Gasteiger partial charge < -0.3 is 9.42 Å². The Morgan fingerprint density at radius 1 is 1.29 bits per heavy atom. The van der Waals surface area contributed by atoms with Crippen molar-refractivity contribution in [3.05, 3.63) is 59.0 Å². The van der Waals surface area contributed by atoms with E-state index >= 15 is 0 Å². The van der Waals surface area contributed by atoms with Gasteiger partial charge in [0.1, 0.15) is 6.26 Å². The molecule has 4 nitrogen and oxygen atoms in total. The van der Waals surface area contributed by atoms with Crippen LogP contribution >= 0.6 is 11.6 Å². The van der Waals surface area contributed by atoms with Crippen LogP contribution in [0.5, 0.6) is 0 Å². The number of nitrogens with zero attached hydrogens (tertiary/aromatic N) is 2. The van der Waals surface area contributed by atoms with Crippen LogP contribution in [-0.4, -0.2) is 29.1 Å². The van der Waals surface area contributed by atoms with E-state index in [1.54, 1.807) is 6.07 Å². The summed E-state index contributed by atoms with van der Waals surface area (Å²) in [6.07, 6.45) is 4.73. The van der Waals surface area contributed by atoms with Crippen LogP contribution in [0.2, 0.25) is 5.02 Å². The average Bonchev–Trinajstić information content (AvgIpc) is 3.01. The van der Waals surface area contributed by atoms with E-state index in [0.29, 0.717) is 18.7 Å². The van der Waals surface area contributed by atoms with Gasteiger partial charge in [0.25, 0.3) is 0 Å². The summed E-state index contributed by atoms with van der Waals surface area (Å²) in [5, 5.41) is 4.51. The molecule has 0 atom stereocenters. The van der Waals surface area contributed by atoms with Crippen LogP contribution in [0.3, 0.4) is 0 Å². The van der Waals surface area contributed by atoms with Crippen molar-refractivity contribution < 1.29 is 9.32 Å². The van der Waals surface area contributed by atoms with Crippen LogP contribution in [0, 0.1) is 0 Å². The summed E-state index contributed by atoms with van der Waals surface area (Å²) >= 11 is 5.90. The molecule has 0 spiro atoms. The van der Waals surface area contributed by atoms with E-state index in [1.165, 1.54) is 17.4 Å². The second kappa shape index (κ2) is 6.14. The molecule has 0 N–H and O–H groups in total. The molecule has 0 saturated carbocycles. The van der Waals surface area contributed by atoms with Crippen LogP contribution < -0.4 is 0 Å². The molecule has 0 unspecified atom stereocenters. The Balaban J connectivity index is 1.63. The first-order valence-electron chi connectivity index (χ1n) is 6.84. The molecule has 0 fully saturated rings. The predicted octanol–water partition coefficient (Wildman–Crippen LogP) is 3.19. The van der Waals surface area contributed by atoms with Crippen LogP contribution in [-0.2, 0) is 11.2 Å². The van der Waals surface area contributed by atoms with E-state index in [4.69, 9.17) is 16.1 Å². The molecular weight excluding hydrogens is 288 g/mol. The zero-order chi connectivity index (χ0) is 14.7. The lowest BCUT2D eigenvalue weighted by molar-refractivity contribution is -0.130. The molecule has 1 aliphatic heterocycles. The van der Waals surface area contributed by atoms with Gasteiger partial charge in [0, 0.05) is 24.2 Å². The molecule has 0 saturated heterocycles. The maximum absolute atomic E-state index is 12.2. The van der Waals surface area contributed by atoms with Gasteiger partial charge in [-0.1, -0.05) is 35.0 Å². The van der Waals surface area contributed by atoms with Crippen LogP contribution in [0.15, 0.2) is 47.2 Å². The average molecular weight is 303 g/mol. The number of benzene rings is 1. The van der Waals surface area contributed by atoms with E-state index in [0.717, 1.165) is 18.0 Å². The second-order valence-electron chi connectivity index (χ2n) is 4.99. The Labute approximate surface area is 128 Å². The van der Waals surface area contributed by atoms with Crippen LogP contribution in [0.25, 0.3) is 5.57 Å². The predicted molar refractivity (Wildman–Crippen MR) is 80.8 cm³/mol. The maximum atomic E-state index is 12.2. The largest absolute Gasteiger partial charge is 0.364 e. The molecule has 1 aliphatic rings. The van der Waals surface area contributed by atoms with E-state index in [9.17, 15) is 4.79 Å². The summed E-state index contributed by atoms with van der Waals surface area (Å²) < 4.78 is 4.74. The van der Waals surface area contributed by atoms with Crippen molar-refractivity contribution in [3.63, 3.8) is 0 Å². The molecular formula is C16H15ClN2O2. The molecule has 1 aromatic carbocycles. The van der Waals surface area contributed by atoms with Gasteiger partial charge in [0.15, 0.2) is 0 Å². The molecule has 1 amide bonds. The SMILES string of the molecule is O=C(Cc1ccon1)N1CC=C(c2ccc(Cl)cc2)CC1. The number of carbonyl (C=O) groups is 1. The first kappa shape index (κ1) is 13.9. The van der Waals surface area contributed by atoms with E-state index in [2.05, 4.69) is 11.2 Å². The number of hydrogen-bond donors (Lipinski definition) is 0. The topological polar surface area (TPSA) is 46.3 Å². The summed E-state index contributed by atoms with van der Waals surface area (Å²) in [4.78, 5) is 14.0. The highest BCUT2D eigenvalue weighted by atomic mass is 35.5. The third kappa shape index (κ3) is 3.34. The minimum absolute atomic E-state index is 0.0790. The fraction of sp³-hybridized carbons (Fsp3) is 0.250. The number of aromatic nitrogens is 1. The van der Waals surface area contributed by atoms with E-state index < -0.39 is 0 Å². The number of amides is 1. The number of halogens is 1. The lowest BCUT2D eigenvalue weighted by Gasteiger charge is -2.26. The molecule has 1 aromatic heterocycles. The van der Waals surface area contributed by atoms with Gasteiger partial charge in [-0.05, 0) is 29.7 Å². The standard InChI is InChI=1S/C16H15ClN2O2/c17-14-3-1-12(2-4-14)13-5-8-19(9-6-13)16(20)11-15-7-10-21-18-15/h1-5,7,10H,6,8-9,11H2. The minimum Gasteiger partial charge on any atom is -0.364 e. The molecule has 5 heteroatoms. The lowest BCUT2D eigenvalue weighted by atomic mass is 9.99. The maximum Gasteiger partial charge on any atom is 0.229 e. The highest BCUT2D eigenvalue weighted by Gasteiger charge is 2.18. The summed E-state index contributed by atoms with van der Waals surface area (Å²) in [6.45, 7) is 1.36. The first-order chi connectivity index (χ1) is 10.2. The highest BCUT2D eigenvalue weighted by Crippen LogP contribution is 2.24. The Kier molecular flexibility index (Phi) is 4.06. The third-order valence-corrected chi connectivity index (χ3v) is 3.85. The fourth-order valence-electron chi connectivity index (χ4n) is 2.42. The summed E-state index contributed by atoms with van der Waals surface area (Å²) in [5.41, 5.74) is 3.10. The van der Waals surface area contributed by atoms with Crippen molar-refractivity contribution in [2.75, 3.05) is 13.1 Å². The van der Waals surface area contributed by atoms with E-state index in [-0.39, 0.29) is 5.91 Å².